The van der Waals surface area contributed by atoms with Crippen molar-refractivity contribution in [3.8, 4) is 0 Å². The van der Waals surface area contributed by atoms with Gasteiger partial charge in [0.05, 0.1) is 33.3 Å². The molecule has 11 heteroatoms. The molecule has 2 saturated carbocycles. The topological polar surface area (TPSA) is 133 Å². The Hall–Kier alpha value is -2.53. The van der Waals surface area contributed by atoms with Crippen molar-refractivity contribution < 1.29 is 32.6 Å². The molecule has 0 heterocycles. The van der Waals surface area contributed by atoms with Gasteiger partial charge in [-0.1, -0.05) is 18.5 Å². The minimum absolute atomic E-state index is 0.0107. The summed E-state index contributed by atoms with van der Waals surface area (Å²) in [4.78, 5) is 25.2. The van der Waals surface area contributed by atoms with Gasteiger partial charge in [0.25, 0.3) is 5.91 Å². The van der Waals surface area contributed by atoms with Crippen molar-refractivity contribution in [3.05, 3.63) is 58.4 Å². The summed E-state index contributed by atoms with van der Waals surface area (Å²) in [5.41, 5.74) is -0.535. The maximum Gasteiger partial charge on any atom is 0.255 e. The van der Waals surface area contributed by atoms with Crippen LogP contribution in [0.5, 0.6) is 0 Å². The fraction of sp³-hybridized carbons (Fsp3) is 0.500. The van der Waals surface area contributed by atoms with Gasteiger partial charge in [-0.15, -0.1) is 0 Å². The Kier molecular flexibility index (Phi) is 8.42. The third kappa shape index (κ3) is 5.99. The van der Waals surface area contributed by atoms with Gasteiger partial charge in [0.2, 0.25) is 5.91 Å². The smallest absolute Gasteiger partial charge is 0.255 e. The van der Waals surface area contributed by atoms with Crippen molar-refractivity contribution in [2.45, 2.75) is 68.3 Å². The van der Waals surface area contributed by atoms with Crippen molar-refractivity contribution in [2.75, 3.05) is 11.9 Å². The van der Waals surface area contributed by atoms with Crippen LogP contribution in [-0.2, 0) is 14.6 Å². The molecule has 2 aliphatic rings. The lowest BCUT2D eigenvalue weighted by molar-refractivity contribution is -0.133. The maximum atomic E-state index is 13.8. The number of fused-ring (bicyclic) bond motifs is 2. The molecule has 2 aromatic rings. The molecule has 2 bridgehead atoms. The number of nitrogens with one attached hydrogen (secondary N) is 2. The molecule has 2 unspecified atom stereocenters. The van der Waals surface area contributed by atoms with Crippen LogP contribution < -0.4 is 10.6 Å². The lowest BCUT2D eigenvalue weighted by atomic mass is 9.71. The zero-order valence-corrected chi connectivity index (χ0v) is 23.7. The molecule has 6 atom stereocenters. The average Bonchev–Trinajstić information content (AvgIpc) is 2.97. The van der Waals surface area contributed by atoms with E-state index in [0.29, 0.717) is 17.7 Å². The molecule has 212 valence electrons. The molecule has 4 rings (SSSR count). The lowest BCUT2D eigenvalue weighted by Crippen LogP contribution is -2.51. The Bertz CT molecular complexity index is 1380. The van der Waals surface area contributed by atoms with Crippen molar-refractivity contribution in [2.24, 2.45) is 17.8 Å². The summed E-state index contributed by atoms with van der Waals surface area (Å²) in [6, 6.07) is 8.16. The first-order chi connectivity index (χ1) is 18.2. The highest BCUT2D eigenvalue weighted by molar-refractivity contribution is 7.92. The molecule has 0 radical (unpaired) electrons. The molecule has 2 aliphatic carbocycles. The van der Waals surface area contributed by atoms with E-state index in [0.717, 1.165) is 0 Å². The van der Waals surface area contributed by atoms with E-state index in [-0.39, 0.29) is 53.1 Å². The molecule has 4 N–H and O–H groups in total. The zero-order valence-electron chi connectivity index (χ0n) is 22.1. The summed E-state index contributed by atoms with van der Waals surface area (Å²) >= 11 is 6.33. The number of hydrogen-bond donors (Lipinski definition) is 4. The summed E-state index contributed by atoms with van der Waals surface area (Å²) in [7, 11) is -3.99. The van der Waals surface area contributed by atoms with E-state index >= 15 is 0 Å². The predicted octanol–water partition coefficient (Wildman–Crippen LogP) is 3.87. The van der Waals surface area contributed by atoms with Crippen LogP contribution in [0.3, 0.4) is 0 Å². The van der Waals surface area contributed by atoms with Gasteiger partial charge < -0.3 is 20.8 Å². The second-order valence-electron chi connectivity index (χ2n) is 11.0. The second-order valence-corrected chi connectivity index (χ2v) is 13.6. The molecule has 0 aromatic heterocycles. The van der Waals surface area contributed by atoms with Gasteiger partial charge in [-0.2, -0.15) is 0 Å². The van der Waals surface area contributed by atoms with Crippen molar-refractivity contribution >= 4 is 38.9 Å². The fourth-order valence-corrected chi connectivity index (χ4v) is 8.50. The van der Waals surface area contributed by atoms with Crippen LogP contribution in [0.15, 0.2) is 41.3 Å². The largest absolute Gasteiger partial charge is 0.392 e. The van der Waals surface area contributed by atoms with Crippen LogP contribution in [0.2, 0.25) is 5.02 Å². The number of carbonyl (C=O) groups is 2. The first kappa shape index (κ1) is 29.5. The van der Waals surface area contributed by atoms with E-state index in [4.69, 9.17) is 11.6 Å². The van der Waals surface area contributed by atoms with Crippen LogP contribution in [0, 0.1) is 30.5 Å². The second kappa shape index (κ2) is 11.2. The quantitative estimate of drug-likeness (QED) is 0.375. The molecule has 8 nitrogen and oxygen atoms in total. The first-order valence-electron chi connectivity index (χ1n) is 13.0. The van der Waals surface area contributed by atoms with Crippen LogP contribution in [0.4, 0.5) is 10.1 Å². The monoisotopic (exact) mass is 580 g/mol. The molecule has 39 heavy (non-hydrogen) atoms. The molecule has 0 aliphatic heterocycles. The molecule has 2 amide bonds. The number of aliphatic hydroxyl groups excluding tert-OH is 1. The number of benzene rings is 2. The Morgan fingerprint density at radius 1 is 1.18 bits per heavy atom. The van der Waals surface area contributed by atoms with Gasteiger partial charge in [-0.25, -0.2) is 12.8 Å². The third-order valence-electron chi connectivity index (χ3n) is 8.15. The standard InChI is InChI=1S/C28H34ClFN2O6S/c1-15-8-19-11-21(12-22(15)28(19,36)13-26(34)31-14-17(3)33)39(37,38)25-10-18(4-6-23(25)29)27(35)32-20-5-7-24(30)16(2)9-20/h4-7,9-10,15,17,19,21-22,33,36H,8,11-14H2,1-3H3,(H,31,34)(H,32,35)/t15-,17-,19?,21?,22-,28-/m0/s1. The van der Waals surface area contributed by atoms with Crippen molar-refractivity contribution in [1.82, 2.24) is 5.32 Å². The van der Waals surface area contributed by atoms with Gasteiger partial charge in [0, 0.05) is 17.8 Å². The number of hydrogen-bond acceptors (Lipinski definition) is 6. The summed E-state index contributed by atoms with van der Waals surface area (Å²) < 4.78 is 41.2. The third-order valence-corrected chi connectivity index (χ3v) is 10.8. The summed E-state index contributed by atoms with van der Waals surface area (Å²) in [6.07, 6.45) is 0.0185. The molecule has 2 fully saturated rings. The number of rotatable bonds is 8. The van der Waals surface area contributed by atoms with Crippen molar-refractivity contribution in [3.63, 3.8) is 0 Å². The summed E-state index contributed by atoms with van der Waals surface area (Å²) in [6.45, 7) is 5.14. The Balaban J connectivity index is 1.54. The average molecular weight is 581 g/mol. The highest BCUT2D eigenvalue weighted by Crippen LogP contribution is 2.56. The maximum absolute atomic E-state index is 13.8. The Morgan fingerprint density at radius 3 is 2.54 bits per heavy atom. The van der Waals surface area contributed by atoms with E-state index < -0.39 is 50.4 Å². The van der Waals surface area contributed by atoms with E-state index in [2.05, 4.69) is 10.6 Å². The predicted molar refractivity (Wildman–Crippen MR) is 146 cm³/mol. The number of aliphatic hydroxyl groups is 2. The Labute approximate surface area is 232 Å². The molecular formula is C28H34ClFN2O6S. The van der Waals surface area contributed by atoms with E-state index in [9.17, 15) is 32.6 Å². The number of anilines is 1. The van der Waals surface area contributed by atoms with Gasteiger partial charge in [-0.05, 0) is 92.8 Å². The number of carbonyl (C=O) groups excluding carboxylic acids is 2. The summed E-state index contributed by atoms with van der Waals surface area (Å²) in [5.74, 6) is -2.17. The van der Waals surface area contributed by atoms with Crippen LogP contribution in [0.25, 0.3) is 0 Å². The van der Waals surface area contributed by atoms with Gasteiger partial charge in [0.15, 0.2) is 9.84 Å². The zero-order chi connectivity index (χ0) is 28.7. The highest BCUT2D eigenvalue weighted by Gasteiger charge is 2.59. The minimum Gasteiger partial charge on any atom is -0.392 e. The molecule has 0 saturated heterocycles. The van der Waals surface area contributed by atoms with E-state index in [1.54, 1.807) is 13.8 Å². The Morgan fingerprint density at radius 2 is 1.90 bits per heavy atom. The van der Waals surface area contributed by atoms with Gasteiger partial charge in [-0.3, -0.25) is 9.59 Å². The number of amides is 2. The fourth-order valence-electron chi connectivity index (χ4n) is 6.12. The molecule has 0 spiro atoms. The first-order valence-corrected chi connectivity index (χ1v) is 14.9. The van der Waals surface area contributed by atoms with Crippen molar-refractivity contribution in [1.29, 1.82) is 0 Å². The van der Waals surface area contributed by atoms with Gasteiger partial charge >= 0.3 is 0 Å². The SMILES string of the molecule is Cc1cc(NC(=O)c2ccc(Cl)c(S(=O)(=O)C3CC4C[C@H](C)[C@H](C3)[C@]4(O)CC(=O)NC[C@H](C)O)c2)ccc1F. The van der Waals surface area contributed by atoms with Crippen LogP contribution in [0.1, 0.15) is 55.5 Å². The molecular weight excluding hydrogens is 547 g/mol. The van der Waals surface area contributed by atoms with Gasteiger partial charge in [0.1, 0.15) is 5.82 Å². The lowest BCUT2D eigenvalue weighted by Gasteiger charge is -2.42. The van der Waals surface area contributed by atoms with E-state index in [1.807, 2.05) is 6.92 Å². The van der Waals surface area contributed by atoms with Crippen LogP contribution >= 0.6 is 11.6 Å². The van der Waals surface area contributed by atoms with Crippen LogP contribution in [-0.4, -0.2) is 53.9 Å². The molecule has 2 aromatic carbocycles. The summed E-state index contributed by atoms with van der Waals surface area (Å²) in [5, 5.41) is 25.4. The van der Waals surface area contributed by atoms with E-state index in [1.165, 1.54) is 36.4 Å². The normalized spacial score (nSPS) is 27.2. The highest BCUT2D eigenvalue weighted by atomic mass is 35.5. The minimum atomic E-state index is -3.99. The number of halogens is 2. The number of aryl methyl sites for hydroxylation is 1. The number of sulfone groups is 1.